The highest BCUT2D eigenvalue weighted by molar-refractivity contribution is 5.92. The van der Waals surface area contributed by atoms with Crippen LogP contribution in [0.4, 0.5) is 5.69 Å². The molecule has 1 aromatic heterocycles. The minimum Gasteiger partial charge on any atom is -0.360 e. The van der Waals surface area contributed by atoms with E-state index >= 15 is 0 Å². The number of nitriles is 1. The summed E-state index contributed by atoms with van der Waals surface area (Å²) < 4.78 is 0. The summed E-state index contributed by atoms with van der Waals surface area (Å²) in [4.78, 5) is 10.3. The van der Waals surface area contributed by atoms with Crippen LogP contribution in [0.2, 0.25) is 0 Å². The SMILES string of the molecule is CC1=CC(C)(C)N(C(C)C)c2cc(C)c(/C=C(/C#N)c3nc4ccccc4[nH]3)cc21. The Kier molecular flexibility index (Phi) is 4.78. The summed E-state index contributed by atoms with van der Waals surface area (Å²) in [5.41, 5.74) is 8.23. The van der Waals surface area contributed by atoms with Crippen molar-refractivity contribution in [3.63, 3.8) is 0 Å². The van der Waals surface area contributed by atoms with E-state index in [1.807, 2.05) is 30.3 Å². The first-order valence-electron chi connectivity index (χ1n) is 10.4. The molecule has 0 bridgehead atoms. The van der Waals surface area contributed by atoms with Gasteiger partial charge in [-0.25, -0.2) is 4.98 Å². The maximum Gasteiger partial charge on any atom is 0.149 e. The molecular weight excluding hydrogens is 368 g/mol. The summed E-state index contributed by atoms with van der Waals surface area (Å²) in [5, 5.41) is 9.83. The number of fused-ring (bicyclic) bond motifs is 2. The molecule has 1 aliphatic rings. The number of benzene rings is 2. The molecule has 0 saturated heterocycles. The van der Waals surface area contributed by atoms with Gasteiger partial charge in [-0.1, -0.05) is 18.2 Å². The number of nitrogens with one attached hydrogen (secondary N) is 1. The van der Waals surface area contributed by atoms with E-state index in [2.05, 4.69) is 80.7 Å². The third-order valence-electron chi connectivity index (χ3n) is 5.84. The molecule has 4 rings (SSSR count). The minimum atomic E-state index is -0.0405. The predicted octanol–water partition coefficient (Wildman–Crippen LogP) is 6.35. The van der Waals surface area contributed by atoms with Gasteiger partial charge in [0.15, 0.2) is 0 Å². The van der Waals surface area contributed by atoms with Gasteiger partial charge < -0.3 is 9.88 Å². The molecule has 2 aromatic carbocycles. The maximum absolute atomic E-state index is 9.83. The third-order valence-corrected chi connectivity index (χ3v) is 5.84. The van der Waals surface area contributed by atoms with E-state index in [0.29, 0.717) is 17.4 Å². The van der Waals surface area contributed by atoms with Crippen LogP contribution >= 0.6 is 0 Å². The maximum atomic E-state index is 9.83. The first-order valence-corrected chi connectivity index (χ1v) is 10.4. The number of nitrogens with zero attached hydrogens (tertiary/aromatic N) is 3. The van der Waals surface area contributed by atoms with Crippen molar-refractivity contribution >= 4 is 33.9 Å². The van der Waals surface area contributed by atoms with Crippen molar-refractivity contribution in [1.82, 2.24) is 9.97 Å². The molecule has 0 unspecified atom stereocenters. The van der Waals surface area contributed by atoms with Gasteiger partial charge in [-0.2, -0.15) is 5.26 Å². The quantitative estimate of drug-likeness (QED) is 0.525. The Labute approximate surface area is 178 Å². The van der Waals surface area contributed by atoms with Crippen molar-refractivity contribution in [3.8, 4) is 6.07 Å². The lowest BCUT2D eigenvalue weighted by molar-refractivity contribution is 0.507. The van der Waals surface area contributed by atoms with E-state index in [-0.39, 0.29) is 5.54 Å². The van der Waals surface area contributed by atoms with Crippen molar-refractivity contribution in [2.45, 2.75) is 53.1 Å². The van der Waals surface area contributed by atoms with Crippen LogP contribution in [0.5, 0.6) is 0 Å². The van der Waals surface area contributed by atoms with E-state index in [1.165, 1.54) is 16.8 Å². The summed E-state index contributed by atoms with van der Waals surface area (Å²) in [6, 6.07) is 15.0. The van der Waals surface area contributed by atoms with E-state index in [9.17, 15) is 5.26 Å². The van der Waals surface area contributed by atoms with Crippen molar-refractivity contribution in [2.24, 2.45) is 0 Å². The molecule has 152 valence electrons. The number of allylic oxidation sites excluding steroid dienone is 2. The van der Waals surface area contributed by atoms with E-state index in [0.717, 1.165) is 22.2 Å². The van der Waals surface area contributed by atoms with Crippen LogP contribution in [0.3, 0.4) is 0 Å². The Balaban J connectivity index is 1.84. The Hall–Kier alpha value is -3.32. The molecule has 0 spiro atoms. The number of para-hydroxylation sites is 2. The lowest BCUT2D eigenvalue weighted by atomic mass is 9.85. The summed E-state index contributed by atoms with van der Waals surface area (Å²) >= 11 is 0. The normalized spacial score (nSPS) is 15.9. The molecule has 0 radical (unpaired) electrons. The lowest BCUT2D eigenvalue weighted by Crippen LogP contribution is -2.49. The number of aromatic amines is 1. The fourth-order valence-electron chi connectivity index (χ4n) is 4.70. The smallest absolute Gasteiger partial charge is 0.149 e. The number of anilines is 1. The molecule has 4 nitrogen and oxygen atoms in total. The first-order chi connectivity index (χ1) is 14.2. The Morgan fingerprint density at radius 1 is 1.20 bits per heavy atom. The highest BCUT2D eigenvalue weighted by Gasteiger charge is 2.33. The van der Waals surface area contributed by atoms with Gasteiger partial charge in [-0.15, -0.1) is 0 Å². The van der Waals surface area contributed by atoms with Crippen LogP contribution in [-0.4, -0.2) is 21.5 Å². The number of aryl methyl sites for hydroxylation is 1. The highest BCUT2D eigenvalue weighted by Crippen LogP contribution is 2.42. The fourth-order valence-corrected chi connectivity index (χ4v) is 4.70. The second-order valence-electron chi connectivity index (χ2n) is 8.94. The first kappa shape index (κ1) is 20.0. The van der Waals surface area contributed by atoms with Gasteiger partial charge >= 0.3 is 0 Å². The van der Waals surface area contributed by atoms with E-state index in [1.54, 1.807) is 0 Å². The van der Waals surface area contributed by atoms with Gasteiger partial charge in [0.2, 0.25) is 0 Å². The zero-order valence-corrected chi connectivity index (χ0v) is 18.5. The van der Waals surface area contributed by atoms with Crippen LogP contribution in [-0.2, 0) is 0 Å². The molecule has 4 heteroatoms. The van der Waals surface area contributed by atoms with Crippen molar-refractivity contribution < 1.29 is 0 Å². The van der Waals surface area contributed by atoms with Crippen LogP contribution in [0.15, 0.2) is 42.5 Å². The standard InChI is InChI=1S/C26H28N4/c1-16(2)30-24-11-17(3)19(13-21(24)18(4)14-26(30,5)6)12-20(15-27)25-28-22-9-7-8-10-23(22)29-25/h7-14,16H,1-6H3,(H,28,29)/b20-12-. The minimum absolute atomic E-state index is 0.0405. The van der Waals surface area contributed by atoms with Crippen LogP contribution in [0.1, 0.15) is 57.1 Å². The highest BCUT2D eigenvalue weighted by atomic mass is 15.2. The number of hydrogen-bond donors (Lipinski definition) is 1. The Morgan fingerprint density at radius 3 is 2.60 bits per heavy atom. The topological polar surface area (TPSA) is 55.7 Å². The number of rotatable bonds is 3. The molecule has 1 aliphatic heterocycles. The zero-order chi connectivity index (χ0) is 21.6. The summed E-state index contributed by atoms with van der Waals surface area (Å²) in [5.74, 6) is 0.605. The molecule has 0 saturated carbocycles. The van der Waals surface area contributed by atoms with Gasteiger partial charge in [-0.05, 0) is 88.6 Å². The molecule has 3 aromatic rings. The Bertz CT molecular complexity index is 1200. The zero-order valence-electron chi connectivity index (χ0n) is 18.5. The fraction of sp³-hybridized carbons (Fsp3) is 0.308. The molecule has 2 heterocycles. The summed E-state index contributed by atoms with van der Waals surface area (Å²) in [7, 11) is 0. The van der Waals surface area contributed by atoms with Crippen LogP contribution in [0, 0.1) is 18.3 Å². The molecule has 0 atom stereocenters. The van der Waals surface area contributed by atoms with E-state index in [4.69, 9.17) is 0 Å². The van der Waals surface area contributed by atoms with Crippen molar-refractivity contribution in [1.29, 1.82) is 5.26 Å². The Morgan fingerprint density at radius 2 is 1.93 bits per heavy atom. The van der Waals surface area contributed by atoms with Crippen LogP contribution in [0.25, 0.3) is 28.3 Å². The molecule has 0 aliphatic carbocycles. The average molecular weight is 397 g/mol. The number of aromatic nitrogens is 2. The second kappa shape index (κ2) is 7.18. The molecule has 1 N–H and O–H groups in total. The van der Waals surface area contributed by atoms with Crippen molar-refractivity contribution in [3.05, 3.63) is 65.0 Å². The van der Waals surface area contributed by atoms with Gasteiger partial charge in [0.05, 0.1) is 22.1 Å². The van der Waals surface area contributed by atoms with E-state index < -0.39 is 0 Å². The number of H-pyrrole nitrogens is 1. The van der Waals surface area contributed by atoms with Gasteiger partial charge in [0.1, 0.15) is 11.9 Å². The molecule has 30 heavy (non-hydrogen) atoms. The van der Waals surface area contributed by atoms with Crippen molar-refractivity contribution in [2.75, 3.05) is 4.90 Å². The van der Waals surface area contributed by atoms with Gasteiger partial charge in [0, 0.05) is 17.3 Å². The predicted molar refractivity (Wildman–Crippen MR) is 126 cm³/mol. The second-order valence-corrected chi connectivity index (χ2v) is 8.94. The summed E-state index contributed by atoms with van der Waals surface area (Å²) in [6.45, 7) is 13.3. The van der Waals surface area contributed by atoms with Gasteiger partial charge in [0.25, 0.3) is 0 Å². The average Bonchev–Trinajstić information content (AvgIpc) is 3.09. The monoisotopic (exact) mass is 396 g/mol. The largest absolute Gasteiger partial charge is 0.360 e. The molecule has 0 fully saturated rings. The third kappa shape index (κ3) is 3.31. The number of imidazole rings is 1. The molecular formula is C26H28N4. The molecule has 0 amide bonds. The lowest BCUT2D eigenvalue weighted by Gasteiger charge is -2.46. The number of hydrogen-bond acceptors (Lipinski definition) is 3. The summed E-state index contributed by atoms with van der Waals surface area (Å²) in [6.07, 6.45) is 4.28. The van der Waals surface area contributed by atoms with Crippen LogP contribution < -0.4 is 4.90 Å². The van der Waals surface area contributed by atoms with Gasteiger partial charge in [-0.3, -0.25) is 0 Å².